The van der Waals surface area contributed by atoms with Gasteiger partial charge in [0.05, 0.1) is 22.8 Å². The van der Waals surface area contributed by atoms with Crippen molar-refractivity contribution in [2.75, 3.05) is 0 Å². The van der Waals surface area contributed by atoms with Crippen molar-refractivity contribution in [1.82, 2.24) is 19.9 Å². The lowest BCUT2D eigenvalue weighted by Gasteiger charge is -2.02. The van der Waals surface area contributed by atoms with Gasteiger partial charge in [0.1, 0.15) is 0 Å². The van der Waals surface area contributed by atoms with E-state index in [1.54, 1.807) is 0 Å². The van der Waals surface area contributed by atoms with Crippen molar-refractivity contribution in [2.45, 2.75) is 54.4 Å². The first-order chi connectivity index (χ1) is 17.3. The number of fused-ring (bicyclic) bond motifs is 8. The first-order valence-electron chi connectivity index (χ1n) is 12.7. The first kappa shape index (κ1) is 23.8. The van der Waals surface area contributed by atoms with Crippen LogP contribution in [0.15, 0.2) is 37.4 Å². The zero-order valence-electron chi connectivity index (χ0n) is 22.2. The number of aromatic amines is 2. The van der Waals surface area contributed by atoms with Gasteiger partial charge >= 0.3 is 0 Å². The van der Waals surface area contributed by atoms with E-state index in [4.69, 9.17) is 9.97 Å². The van der Waals surface area contributed by atoms with Crippen LogP contribution in [0.25, 0.3) is 56.5 Å². The van der Waals surface area contributed by atoms with Gasteiger partial charge in [-0.15, -0.1) is 0 Å². The molecule has 2 aliphatic heterocycles. The number of aryl methyl sites for hydroxylation is 2. The molecule has 0 saturated heterocycles. The van der Waals surface area contributed by atoms with Crippen molar-refractivity contribution in [1.29, 1.82) is 0 Å². The molecule has 0 fully saturated rings. The molecule has 0 radical (unpaired) electrons. The molecule has 0 aliphatic carbocycles. The van der Waals surface area contributed by atoms with E-state index in [9.17, 15) is 0 Å². The largest absolute Gasteiger partial charge is 0.355 e. The Bertz CT molecular complexity index is 1670. The van der Waals surface area contributed by atoms with E-state index >= 15 is 0 Å². The highest BCUT2D eigenvalue weighted by Crippen LogP contribution is 2.37. The minimum Gasteiger partial charge on any atom is -0.355 e. The van der Waals surface area contributed by atoms with Crippen molar-refractivity contribution in [2.24, 2.45) is 0 Å². The molecule has 5 heterocycles. The summed E-state index contributed by atoms with van der Waals surface area (Å²) in [5, 5.41) is 0. The van der Waals surface area contributed by atoms with Crippen molar-refractivity contribution in [3.8, 4) is 0 Å². The number of hydrogen-bond acceptors (Lipinski definition) is 2. The highest BCUT2D eigenvalue weighted by molar-refractivity contribution is 5.96. The number of allylic oxidation sites excluding steroid dienone is 4. The van der Waals surface area contributed by atoms with Crippen LogP contribution >= 0.6 is 0 Å². The SMILES string of the molecule is C=Cc1c(C)c2cc3[nH]c(cc4nc(cc5nc(cc1[nH]2)C(C)=C5CC)C(CC)=C4C)c(C)c3C=C. The van der Waals surface area contributed by atoms with Gasteiger partial charge in [0.2, 0.25) is 0 Å². The zero-order chi connectivity index (χ0) is 25.7. The number of H-pyrrole nitrogens is 2. The third-order valence-electron chi connectivity index (χ3n) is 7.75. The van der Waals surface area contributed by atoms with E-state index in [1.807, 2.05) is 12.2 Å². The molecule has 2 N–H and O–H groups in total. The predicted molar refractivity (Wildman–Crippen MR) is 156 cm³/mol. The quantitative estimate of drug-likeness (QED) is 0.396. The predicted octanol–water partition coefficient (Wildman–Crippen LogP) is 8.90. The van der Waals surface area contributed by atoms with Gasteiger partial charge in [-0.1, -0.05) is 39.2 Å². The van der Waals surface area contributed by atoms with Gasteiger partial charge in [0.15, 0.2) is 0 Å². The standard InChI is InChI=1S/C32H34N4/c1-9-21-17(5)25-13-26-18(6)23(11-3)31(34-26)16-32-24(12-4)20(8)28(36-32)15-30-22(10-2)19(7)27(35-30)14-29(21)33-25/h9-10,13-16,33,35H,1-2,11-12H2,3-8H3. The Balaban J connectivity index is 2.02. The fourth-order valence-corrected chi connectivity index (χ4v) is 5.56. The first-order valence-corrected chi connectivity index (χ1v) is 12.7. The molecular weight excluding hydrogens is 440 g/mol. The summed E-state index contributed by atoms with van der Waals surface area (Å²) in [4.78, 5) is 17.5. The molecule has 2 aliphatic rings. The number of rotatable bonds is 4. The summed E-state index contributed by atoms with van der Waals surface area (Å²) in [6.45, 7) is 21.2. The van der Waals surface area contributed by atoms with Crippen LogP contribution in [-0.2, 0) is 0 Å². The highest BCUT2D eigenvalue weighted by atomic mass is 14.8. The summed E-state index contributed by atoms with van der Waals surface area (Å²) in [7, 11) is 0. The van der Waals surface area contributed by atoms with Crippen molar-refractivity contribution >= 4 is 56.5 Å². The van der Waals surface area contributed by atoms with E-state index in [-0.39, 0.29) is 0 Å². The van der Waals surface area contributed by atoms with Gasteiger partial charge in [-0.2, -0.15) is 0 Å². The maximum absolute atomic E-state index is 5.10. The monoisotopic (exact) mass is 474 g/mol. The van der Waals surface area contributed by atoms with Crippen LogP contribution in [0.3, 0.4) is 0 Å². The van der Waals surface area contributed by atoms with E-state index in [0.717, 1.165) is 79.9 Å². The molecule has 4 nitrogen and oxygen atoms in total. The summed E-state index contributed by atoms with van der Waals surface area (Å²) >= 11 is 0. The van der Waals surface area contributed by atoms with E-state index in [0.29, 0.717) is 0 Å². The summed E-state index contributed by atoms with van der Waals surface area (Å²) in [5.74, 6) is 0. The van der Waals surface area contributed by atoms with Crippen LogP contribution in [0.5, 0.6) is 0 Å². The summed E-state index contributed by atoms with van der Waals surface area (Å²) in [6, 6.07) is 8.67. The third-order valence-corrected chi connectivity index (χ3v) is 7.75. The number of nitrogens with zero attached hydrogens (tertiary/aromatic N) is 2. The van der Waals surface area contributed by atoms with Crippen LogP contribution in [0, 0.1) is 13.8 Å². The van der Waals surface area contributed by atoms with E-state index in [1.165, 1.54) is 22.3 Å². The molecule has 0 saturated carbocycles. The van der Waals surface area contributed by atoms with E-state index in [2.05, 4.69) is 88.9 Å². The van der Waals surface area contributed by atoms with Crippen LogP contribution in [-0.4, -0.2) is 19.9 Å². The molecule has 3 aromatic rings. The third kappa shape index (κ3) is 3.60. The number of nitrogens with one attached hydrogen (secondary N) is 2. The Labute approximate surface area is 213 Å². The Kier molecular flexibility index (Phi) is 5.91. The van der Waals surface area contributed by atoms with Gasteiger partial charge in [-0.25, -0.2) is 9.97 Å². The van der Waals surface area contributed by atoms with Crippen LogP contribution < -0.4 is 0 Å². The zero-order valence-corrected chi connectivity index (χ0v) is 22.2. The lowest BCUT2D eigenvalue weighted by atomic mass is 10.0. The molecule has 36 heavy (non-hydrogen) atoms. The molecule has 3 aromatic heterocycles. The Morgan fingerprint density at radius 1 is 0.611 bits per heavy atom. The van der Waals surface area contributed by atoms with Crippen molar-refractivity contribution in [3.05, 3.63) is 82.5 Å². The van der Waals surface area contributed by atoms with Crippen LogP contribution in [0.4, 0.5) is 0 Å². The minimum atomic E-state index is 0.921. The van der Waals surface area contributed by atoms with Crippen LogP contribution in [0.1, 0.15) is 85.6 Å². The van der Waals surface area contributed by atoms with Gasteiger partial charge in [-0.05, 0) is 98.2 Å². The molecule has 8 bridgehead atoms. The Hall–Kier alpha value is -3.92. The van der Waals surface area contributed by atoms with Gasteiger partial charge in [0, 0.05) is 33.2 Å². The second-order valence-electron chi connectivity index (χ2n) is 9.65. The molecule has 0 unspecified atom stereocenters. The lowest BCUT2D eigenvalue weighted by molar-refractivity contribution is 1.18. The second-order valence-corrected chi connectivity index (χ2v) is 9.65. The summed E-state index contributed by atoms with van der Waals surface area (Å²) in [6.07, 6.45) is 5.69. The molecule has 182 valence electrons. The normalized spacial score (nSPS) is 13.5. The smallest absolute Gasteiger partial charge is 0.0693 e. The average molecular weight is 475 g/mol. The molecule has 5 rings (SSSR count). The average Bonchev–Trinajstić information content (AvgIpc) is 3.51. The maximum Gasteiger partial charge on any atom is 0.0693 e. The molecule has 0 atom stereocenters. The molecule has 0 aromatic carbocycles. The van der Waals surface area contributed by atoms with Gasteiger partial charge < -0.3 is 9.97 Å². The molecule has 0 amide bonds. The fraction of sp³-hybridized carbons (Fsp3) is 0.250. The maximum atomic E-state index is 5.10. The number of hydrogen-bond donors (Lipinski definition) is 2. The van der Waals surface area contributed by atoms with Gasteiger partial charge in [-0.3, -0.25) is 0 Å². The van der Waals surface area contributed by atoms with Crippen molar-refractivity contribution < 1.29 is 0 Å². The second kappa shape index (κ2) is 8.94. The van der Waals surface area contributed by atoms with Crippen LogP contribution in [0.2, 0.25) is 0 Å². The molecule has 4 heteroatoms. The Morgan fingerprint density at radius 2 is 1.03 bits per heavy atom. The minimum absolute atomic E-state index is 0.921. The van der Waals surface area contributed by atoms with E-state index < -0.39 is 0 Å². The fourth-order valence-electron chi connectivity index (χ4n) is 5.56. The van der Waals surface area contributed by atoms with Gasteiger partial charge in [0.25, 0.3) is 0 Å². The summed E-state index contributed by atoms with van der Waals surface area (Å²) in [5.41, 5.74) is 17.6. The topological polar surface area (TPSA) is 57.4 Å². The lowest BCUT2D eigenvalue weighted by Crippen LogP contribution is -1.85. The number of aromatic nitrogens is 4. The molecular formula is C32H34N4. The highest BCUT2D eigenvalue weighted by Gasteiger charge is 2.20. The summed E-state index contributed by atoms with van der Waals surface area (Å²) < 4.78 is 0. The Morgan fingerprint density at radius 3 is 1.47 bits per heavy atom. The van der Waals surface area contributed by atoms with Crippen molar-refractivity contribution in [3.63, 3.8) is 0 Å². The molecule has 0 spiro atoms.